The van der Waals surface area contributed by atoms with Gasteiger partial charge in [-0.25, -0.2) is 0 Å². The number of rotatable bonds is 6. The molecule has 0 bridgehead atoms. The van der Waals surface area contributed by atoms with Gasteiger partial charge in [0.15, 0.2) is 0 Å². The largest absolute Gasteiger partial charge is 0.339 e. The van der Waals surface area contributed by atoms with Gasteiger partial charge in [-0.15, -0.1) is 5.10 Å². The number of halogens is 1. The van der Waals surface area contributed by atoms with Gasteiger partial charge in [-0.05, 0) is 55.3 Å². The van der Waals surface area contributed by atoms with Gasteiger partial charge in [-0.2, -0.15) is 4.68 Å². The first-order valence-electron chi connectivity index (χ1n) is 9.11. The molecule has 1 aromatic heterocycles. The summed E-state index contributed by atoms with van der Waals surface area (Å²) < 4.78 is 1.62. The van der Waals surface area contributed by atoms with Crippen LogP contribution in [0.5, 0.6) is 0 Å². The zero-order valence-electron chi connectivity index (χ0n) is 15.1. The van der Waals surface area contributed by atoms with Crippen molar-refractivity contribution in [1.29, 1.82) is 0 Å². The molecule has 26 heavy (non-hydrogen) atoms. The third-order valence-electron chi connectivity index (χ3n) is 4.76. The molecule has 8 heteroatoms. The third-order valence-corrected chi connectivity index (χ3v) is 6.02. The number of tetrazole rings is 1. The van der Waals surface area contributed by atoms with Crippen LogP contribution in [0.15, 0.2) is 29.4 Å². The van der Waals surface area contributed by atoms with E-state index in [0.29, 0.717) is 16.2 Å². The highest BCUT2D eigenvalue weighted by Gasteiger charge is 2.29. The van der Waals surface area contributed by atoms with Crippen LogP contribution in [0.2, 0.25) is 5.02 Å². The van der Waals surface area contributed by atoms with Gasteiger partial charge in [0, 0.05) is 17.6 Å². The number of thioether (sulfide) groups is 1. The van der Waals surface area contributed by atoms with Crippen molar-refractivity contribution in [3.8, 4) is 5.69 Å². The lowest BCUT2D eigenvalue weighted by molar-refractivity contribution is -0.133. The summed E-state index contributed by atoms with van der Waals surface area (Å²) in [6.07, 6.45) is 5.92. The Balaban J connectivity index is 1.72. The molecule has 1 heterocycles. The van der Waals surface area contributed by atoms with Crippen LogP contribution in [-0.4, -0.2) is 48.9 Å². The van der Waals surface area contributed by atoms with Crippen LogP contribution < -0.4 is 0 Å². The Hall–Kier alpha value is -1.60. The van der Waals surface area contributed by atoms with Crippen LogP contribution in [-0.2, 0) is 4.79 Å². The molecule has 0 aliphatic heterocycles. The fourth-order valence-corrected chi connectivity index (χ4v) is 4.51. The summed E-state index contributed by atoms with van der Waals surface area (Å²) in [7, 11) is 0. The number of hydrogen-bond donors (Lipinski definition) is 0. The summed E-state index contributed by atoms with van der Waals surface area (Å²) in [5.41, 5.74) is 0.782. The second kappa shape index (κ2) is 8.86. The first kappa shape index (κ1) is 19.2. The van der Waals surface area contributed by atoms with Gasteiger partial charge in [-0.3, -0.25) is 4.79 Å². The highest BCUT2D eigenvalue weighted by molar-refractivity contribution is 8.00. The van der Waals surface area contributed by atoms with Crippen molar-refractivity contribution >= 4 is 29.3 Å². The first-order chi connectivity index (χ1) is 12.6. The van der Waals surface area contributed by atoms with E-state index in [2.05, 4.69) is 22.4 Å². The van der Waals surface area contributed by atoms with Gasteiger partial charge in [-0.1, -0.05) is 48.7 Å². The smallest absolute Gasteiger partial charge is 0.236 e. The molecule has 1 aliphatic carbocycles. The molecule has 140 valence electrons. The number of aromatic nitrogens is 4. The van der Waals surface area contributed by atoms with Crippen LogP contribution in [0.25, 0.3) is 5.69 Å². The van der Waals surface area contributed by atoms with Crippen molar-refractivity contribution in [2.75, 3.05) is 6.54 Å². The van der Waals surface area contributed by atoms with E-state index in [1.54, 1.807) is 16.8 Å². The molecule has 0 spiro atoms. The quantitative estimate of drug-likeness (QED) is 0.694. The molecule has 1 fully saturated rings. The molecule has 3 rings (SSSR count). The zero-order chi connectivity index (χ0) is 18.5. The number of benzene rings is 1. The van der Waals surface area contributed by atoms with Gasteiger partial charge in [0.05, 0.1) is 10.9 Å². The SMILES string of the molecule is CCN(C(=O)[C@H](C)Sc1nnnn1-c1cccc(Cl)c1)C1CCCCC1. The van der Waals surface area contributed by atoms with Gasteiger partial charge in [0.25, 0.3) is 0 Å². The van der Waals surface area contributed by atoms with Crippen LogP contribution in [0.1, 0.15) is 46.0 Å². The summed E-state index contributed by atoms with van der Waals surface area (Å²) in [4.78, 5) is 15.0. The molecule has 0 unspecified atom stereocenters. The fraction of sp³-hybridized carbons (Fsp3) is 0.556. The van der Waals surface area contributed by atoms with Gasteiger partial charge in [0.1, 0.15) is 0 Å². The Kier molecular flexibility index (Phi) is 6.53. The minimum atomic E-state index is -0.249. The predicted octanol–water partition coefficient (Wildman–Crippen LogP) is 3.98. The molecule has 1 amide bonds. The monoisotopic (exact) mass is 393 g/mol. The molecule has 0 saturated heterocycles. The minimum Gasteiger partial charge on any atom is -0.339 e. The maximum absolute atomic E-state index is 13.0. The molecule has 1 aliphatic rings. The normalized spacial score (nSPS) is 16.4. The Bertz CT molecular complexity index is 747. The third kappa shape index (κ3) is 4.38. The number of hydrogen-bond acceptors (Lipinski definition) is 5. The van der Waals surface area contributed by atoms with Crippen molar-refractivity contribution < 1.29 is 4.79 Å². The van der Waals surface area contributed by atoms with Crippen LogP contribution in [0.4, 0.5) is 0 Å². The van der Waals surface area contributed by atoms with Gasteiger partial charge in [0.2, 0.25) is 11.1 Å². The standard InChI is InChI=1S/C18H24ClN5OS/c1-3-23(15-9-5-4-6-10-15)17(25)13(2)26-18-20-21-22-24(18)16-11-7-8-14(19)12-16/h7-8,11-13,15H,3-6,9-10H2,1-2H3/t13-/m0/s1. The molecular weight excluding hydrogens is 370 g/mol. The number of nitrogens with zero attached hydrogens (tertiary/aromatic N) is 5. The van der Waals surface area contributed by atoms with Crippen molar-refractivity contribution in [2.45, 2.75) is 62.4 Å². The number of carbonyl (C=O) groups excluding carboxylic acids is 1. The maximum atomic E-state index is 13.0. The van der Waals surface area contributed by atoms with E-state index >= 15 is 0 Å². The van der Waals surface area contributed by atoms with E-state index in [-0.39, 0.29) is 11.2 Å². The highest BCUT2D eigenvalue weighted by atomic mass is 35.5. The molecule has 0 N–H and O–H groups in total. The summed E-state index contributed by atoms with van der Waals surface area (Å²) in [6.45, 7) is 4.73. The Morgan fingerprint density at radius 3 is 2.85 bits per heavy atom. The number of amides is 1. The average Bonchev–Trinajstić information content (AvgIpc) is 3.11. The van der Waals surface area contributed by atoms with Crippen LogP contribution >= 0.6 is 23.4 Å². The van der Waals surface area contributed by atoms with Gasteiger partial charge < -0.3 is 4.90 Å². The van der Waals surface area contributed by atoms with E-state index in [1.165, 1.54) is 31.0 Å². The van der Waals surface area contributed by atoms with E-state index in [1.807, 2.05) is 24.0 Å². The molecule has 2 aromatic rings. The molecule has 1 saturated carbocycles. The topological polar surface area (TPSA) is 63.9 Å². The molecular formula is C18H24ClN5OS. The second-order valence-corrected chi connectivity index (χ2v) is 8.27. The molecule has 0 radical (unpaired) electrons. The molecule has 1 aromatic carbocycles. The molecule has 1 atom stereocenters. The Labute approximate surface area is 163 Å². The summed E-state index contributed by atoms with van der Waals surface area (Å²) in [5, 5.41) is 12.9. The Morgan fingerprint density at radius 1 is 1.38 bits per heavy atom. The van der Waals surface area contributed by atoms with Crippen molar-refractivity contribution in [2.24, 2.45) is 0 Å². The van der Waals surface area contributed by atoms with Gasteiger partial charge >= 0.3 is 0 Å². The van der Waals surface area contributed by atoms with E-state index in [9.17, 15) is 4.79 Å². The van der Waals surface area contributed by atoms with Crippen molar-refractivity contribution in [3.05, 3.63) is 29.3 Å². The maximum Gasteiger partial charge on any atom is 0.236 e. The van der Waals surface area contributed by atoms with Crippen molar-refractivity contribution in [3.63, 3.8) is 0 Å². The summed E-state index contributed by atoms with van der Waals surface area (Å²) in [5.74, 6) is 0.157. The molecule has 6 nitrogen and oxygen atoms in total. The summed E-state index contributed by atoms with van der Waals surface area (Å²) in [6, 6.07) is 7.71. The van der Waals surface area contributed by atoms with Crippen molar-refractivity contribution in [1.82, 2.24) is 25.1 Å². The lowest BCUT2D eigenvalue weighted by Gasteiger charge is -2.35. The van der Waals surface area contributed by atoms with E-state index in [4.69, 9.17) is 11.6 Å². The first-order valence-corrected chi connectivity index (χ1v) is 10.4. The second-order valence-electron chi connectivity index (χ2n) is 6.53. The zero-order valence-corrected chi connectivity index (χ0v) is 16.7. The summed E-state index contributed by atoms with van der Waals surface area (Å²) >= 11 is 7.45. The Morgan fingerprint density at radius 2 is 2.15 bits per heavy atom. The van der Waals surface area contributed by atoms with Crippen LogP contribution in [0.3, 0.4) is 0 Å². The highest BCUT2D eigenvalue weighted by Crippen LogP contribution is 2.28. The van der Waals surface area contributed by atoms with E-state index in [0.717, 1.165) is 25.1 Å². The predicted molar refractivity (Wildman–Crippen MR) is 104 cm³/mol. The van der Waals surface area contributed by atoms with E-state index < -0.39 is 0 Å². The number of carbonyl (C=O) groups is 1. The fourth-order valence-electron chi connectivity index (χ4n) is 3.45. The average molecular weight is 394 g/mol. The lowest BCUT2D eigenvalue weighted by atomic mass is 9.94. The lowest BCUT2D eigenvalue weighted by Crippen LogP contribution is -2.44. The van der Waals surface area contributed by atoms with Crippen LogP contribution in [0, 0.1) is 0 Å². The minimum absolute atomic E-state index is 0.157.